The highest BCUT2D eigenvalue weighted by atomic mass is 35.5. The van der Waals surface area contributed by atoms with Crippen LogP contribution >= 0.6 is 11.6 Å². The fourth-order valence-electron chi connectivity index (χ4n) is 1.55. The summed E-state index contributed by atoms with van der Waals surface area (Å²) >= 11 is 5.98. The van der Waals surface area contributed by atoms with Gasteiger partial charge in [-0.2, -0.15) is 0 Å². The Balaban J connectivity index is 2.37. The SMILES string of the molecule is CNc1ncnc(Nc2cc(F)ccc2Cl)c1C. The summed E-state index contributed by atoms with van der Waals surface area (Å²) in [5, 5.41) is 6.37. The Morgan fingerprint density at radius 2 is 1.94 bits per heavy atom. The molecule has 0 aliphatic rings. The van der Waals surface area contributed by atoms with Crippen LogP contribution in [0.15, 0.2) is 24.5 Å². The molecule has 2 aromatic rings. The van der Waals surface area contributed by atoms with Crippen LogP contribution in [0.5, 0.6) is 0 Å². The molecule has 0 aliphatic heterocycles. The van der Waals surface area contributed by atoms with Crippen LogP contribution in [0, 0.1) is 12.7 Å². The Morgan fingerprint density at radius 1 is 1.22 bits per heavy atom. The van der Waals surface area contributed by atoms with Crippen molar-refractivity contribution in [1.82, 2.24) is 9.97 Å². The number of aromatic nitrogens is 2. The Morgan fingerprint density at radius 3 is 2.67 bits per heavy atom. The monoisotopic (exact) mass is 266 g/mol. The Bertz CT molecular complexity index is 574. The van der Waals surface area contributed by atoms with Gasteiger partial charge in [0.05, 0.1) is 10.7 Å². The standard InChI is InChI=1S/C12H12ClFN4/c1-7-11(15-2)16-6-17-12(7)18-10-5-8(14)3-4-9(10)13/h3-6H,1-2H3,(H2,15,16,17,18). The summed E-state index contributed by atoms with van der Waals surface area (Å²) in [6.45, 7) is 1.86. The van der Waals surface area contributed by atoms with Crippen molar-refractivity contribution < 1.29 is 4.39 Å². The molecular weight excluding hydrogens is 255 g/mol. The molecule has 2 rings (SSSR count). The molecule has 0 saturated heterocycles. The van der Waals surface area contributed by atoms with Crippen molar-refractivity contribution in [3.63, 3.8) is 0 Å². The molecule has 1 aromatic heterocycles. The molecule has 0 atom stereocenters. The molecule has 1 aromatic carbocycles. The van der Waals surface area contributed by atoms with Gasteiger partial charge in [-0.3, -0.25) is 0 Å². The molecule has 18 heavy (non-hydrogen) atoms. The summed E-state index contributed by atoms with van der Waals surface area (Å²) < 4.78 is 13.2. The predicted octanol–water partition coefficient (Wildman–Crippen LogP) is 3.36. The number of hydrogen-bond donors (Lipinski definition) is 2. The fraction of sp³-hybridized carbons (Fsp3) is 0.167. The smallest absolute Gasteiger partial charge is 0.138 e. The molecule has 0 bridgehead atoms. The van der Waals surface area contributed by atoms with Crippen LogP contribution in [0.2, 0.25) is 5.02 Å². The lowest BCUT2D eigenvalue weighted by Crippen LogP contribution is -2.03. The van der Waals surface area contributed by atoms with E-state index in [0.717, 1.165) is 5.56 Å². The third-order valence-corrected chi connectivity index (χ3v) is 2.83. The van der Waals surface area contributed by atoms with E-state index in [4.69, 9.17) is 11.6 Å². The highest BCUT2D eigenvalue weighted by Crippen LogP contribution is 2.27. The molecule has 1 heterocycles. The number of nitrogens with one attached hydrogen (secondary N) is 2. The highest BCUT2D eigenvalue weighted by molar-refractivity contribution is 6.33. The van der Waals surface area contributed by atoms with Crippen LogP contribution in [0.1, 0.15) is 5.56 Å². The molecule has 0 unspecified atom stereocenters. The van der Waals surface area contributed by atoms with Gasteiger partial charge in [-0.25, -0.2) is 14.4 Å². The van der Waals surface area contributed by atoms with Gasteiger partial charge in [0.1, 0.15) is 23.8 Å². The lowest BCUT2D eigenvalue weighted by Gasteiger charge is -2.12. The third kappa shape index (κ3) is 2.51. The van der Waals surface area contributed by atoms with Gasteiger partial charge in [-0.05, 0) is 25.1 Å². The molecule has 2 N–H and O–H groups in total. The minimum Gasteiger partial charge on any atom is -0.373 e. The molecule has 0 amide bonds. The highest BCUT2D eigenvalue weighted by Gasteiger charge is 2.08. The molecule has 4 nitrogen and oxygen atoms in total. The van der Waals surface area contributed by atoms with E-state index in [0.29, 0.717) is 22.3 Å². The second-order valence-corrected chi connectivity index (χ2v) is 4.10. The number of hydrogen-bond acceptors (Lipinski definition) is 4. The summed E-state index contributed by atoms with van der Waals surface area (Å²) in [5.74, 6) is 0.935. The van der Waals surface area contributed by atoms with Crippen molar-refractivity contribution in [3.05, 3.63) is 40.9 Å². The molecule has 0 spiro atoms. The summed E-state index contributed by atoms with van der Waals surface area (Å²) in [6.07, 6.45) is 1.42. The average molecular weight is 267 g/mol. The van der Waals surface area contributed by atoms with Crippen LogP contribution in [-0.2, 0) is 0 Å². The molecular formula is C12H12ClFN4. The van der Waals surface area contributed by atoms with Crippen molar-refractivity contribution in [1.29, 1.82) is 0 Å². The normalized spacial score (nSPS) is 10.2. The maximum Gasteiger partial charge on any atom is 0.138 e. The lowest BCUT2D eigenvalue weighted by atomic mass is 10.2. The number of benzene rings is 1. The third-order valence-electron chi connectivity index (χ3n) is 2.50. The second-order valence-electron chi connectivity index (χ2n) is 3.70. The number of anilines is 3. The average Bonchev–Trinajstić information content (AvgIpc) is 2.36. The predicted molar refractivity (Wildman–Crippen MR) is 71.0 cm³/mol. The van der Waals surface area contributed by atoms with Gasteiger partial charge in [-0.1, -0.05) is 11.6 Å². The summed E-state index contributed by atoms with van der Waals surface area (Å²) in [6, 6.07) is 4.12. The minimum absolute atomic E-state index is 0.359. The van der Waals surface area contributed by atoms with E-state index in [1.165, 1.54) is 24.5 Å². The van der Waals surface area contributed by atoms with Crippen LogP contribution in [0.3, 0.4) is 0 Å². The molecule has 94 valence electrons. The van der Waals surface area contributed by atoms with E-state index in [1.54, 1.807) is 7.05 Å². The molecule has 0 saturated carbocycles. The Kier molecular flexibility index (Phi) is 3.62. The van der Waals surface area contributed by atoms with Gasteiger partial charge < -0.3 is 10.6 Å². The second kappa shape index (κ2) is 5.18. The summed E-state index contributed by atoms with van der Waals surface area (Å²) in [5.41, 5.74) is 1.31. The van der Waals surface area contributed by atoms with Gasteiger partial charge >= 0.3 is 0 Å². The zero-order chi connectivity index (χ0) is 13.1. The van der Waals surface area contributed by atoms with Gasteiger partial charge in [0.2, 0.25) is 0 Å². The van der Waals surface area contributed by atoms with E-state index in [9.17, 15) is 4.39 Å². The molecule has 0 fully saturated rings. The summed E-state index contributed by atoms with van der Waals surface area (Å²) in [4.78, 5) is 8.18. The van der Waals surface area contributed by atoms with Crippen molar-refractivity contribution in [3.8, 4) is 0 Å². The zero-order valence-corrected chi connectivity index (χ0v) is 10.7. The quantitative estimate of drug-likeness (QED) is 0.894. The first kappa shape index (κ1) is 12.6. The minimum atomic E-state index is -0.359. The Hall–Kier alpha value is -1.88. The lowest BCUT2D eigenvalue weighted by molar-refractivity contribution is 0.628. The first-order valence-corrected chi connectivity index (χ1v) is 5.71. The van der Waals surface area contributed by atoms with Crippen LogP contribution < -0.4 is 10.6 Å². The maximum absolute atomic E-state index is 13.2. The van der Waals surface area contributed by atoms with E-state index < -0.39 is 0 Å². The number of nitrogens with zero attached hydrogens (tertiary/aromatic N) is 2. The van der Waals surface area contributed by atoms with Gasteiger partial charge in [0.15, 0.2) is 0 Å². The van der Waals surface area contributed by atoms with Crippen molar-refractivity contribution >= 4 is 28.9 Å². The first-order chi connectivity index (χ1) is 8.61. The van der Waals surface area contributed by atoms with Crippen LogP contribution in [-0.4, -0.2) is 17.0 Å². The van der Waals surface area contributed by atoms with Crippen LogP contribution in [0.25, 0.3) is 0 Å². The van der Waals surface area contributed by atoms with Gasteiger partial charge in [-0.15, -0.1) is 0 Å². The molecule has 0 aliphatic carbocycles. The fourth-order valence-corrected chi connectivity index (χ4v) is 1.71. The molecule has 0 radical (unpaired) electrons. The van der Waals surface area contributed by atoms with Gasteiger partial charge in [0, 0.05) is 12.6 Å². The van der Waals surface area contributed by atoms with Gasteiger partial charge in [0.25, 0.3) is 0 Å². The van der Waals surface area contributed by atoms with Crippen molar-refractivity contribution in [2.24, 2.45) is 0 Å². The topological polar surface area (TPSA) is 49.8 Å². The van der Waals surface area contributed by atoms with Crippen LogP contribution in [0.4, 0.5) is 21.7 Å². The van der Waals surface area contributed by atoms with E-state index >= 15 is 0 Å². The number of rotatable bonds is 3. The molecule has 6 heteroatoms. The van der Waals surface area contributed by atoms with Crippen molar-refractivity contribution in [2.45, 2.75) is 6.92 Å². The van der Waals surface area contributed by atoms with Crippen molar-refractivity contribution in [2.75, 3.05) is 17.7 Å². The van der Waals surface area contributed by atoms with E-state index in [1.807, 2.05) is 6.92 Å². The largest absolute Gasteiger partial charge is 0.373 e. The van der Waals surface area contributed by atoms with E-state index in [-0.39, 0.29) is 5.82 Å². The number of halogens is 2. The maximum atomic E-state index is 13.2. The first-order valence-electron chi connectivity index (χ1n) is 5.33. The Labute approximate surface area is 109 Å². The zero-order valence-electron chi connectivity index (χ0n) is 9.96. The van der Waals surface area contributed by atoms with E-state index in [2.05, 4.69) is 20.6 Å². The summed E-state index contributed by atoms with van der Waals surface area (Å²) in [7, 11) is 1.77.